The number of rotatable bonds is 4. The van der Waals surface area contributed by atoms with E-state index in [-0.39, 0.29) is 5.41 Å². The smallest absolute Gasteiger partial charge is 0.220 e. The summed E-state index contributed by atoms with van der Waals surface area (Å²) in [6.45, 7) is 16.2. The highest BCUT2D eigenvalue weighted by Gasteiger charge is 2.34. The van der Waals surface area contributed by atoms with E-state index in [0.29, 0.717) is 28.2 Å². The molecule has 5 aromatic heterocycles. The largest absolute Gasteiger partial charge is 0.454 e. The Morgan fingerprint density at radius 2 is 1.03 bits per heavy atom. The van der Waals surface area contributed by atoms with E-state index in [2.05, 4.69) is 168 Å². The molecule has 342 valence electrons. The van der Waals surface area contributed by atoms with Crippen molar-refractivity contribution in [3.63, 3.8) is 0 Å². The van der Waals surface area contributed by atoms with Gasteiger partial charge in [0.05, 0.1) is 50.3 Å². The number of para-hydroxylation sites is 3. The summed E-state index contributed by atoms with van der Waals surface area (Å²) in [5, 5.41) is 22.5. The summed E-state index contributed by atoms with van der Waals surface area (Å²) in [6, 6.07) is 68.1. The van der Waals surface area contributed by atoms with Crippen LogP contribution in [-0.2, 0) is 5.41 Å². The minimum Gasteiger partial charge on any atom is -0.454 e. The summed E-state index contributed by atoms with van der Waals surface area (Å²) in [4.78, 5) is 4.64. The predicted molar refractivity (Wildman–Crippen MR) is 303 cm³/mol. The number of hydrogen-bond donors (Lipinski definition) is 0. The second kappa shape index (κ2) is 15.1. The van der Waals surface area contributed by atoms with Crippen molar-refractivity contribution in [1.29, 1.82) is 5.26 Å². The lowest BCUT2D eigenvalue weighted by atomic mass is 9.86. The Morgan fingerprint density at radius 1 is 0.479 bits per heavy atom. The zero-order valence-electron chi connectivity index (χ0n) is 39.9. The van der Waals surface area contributed by atoms with E-state index < -0.39 is 0 Å². The molecule has 0 unspecified atom stereocenters. The molecule has 0 atom stereocenters. The second-order valence-electron chi connectivity index (χ2n) is 20.1. The maximum absolute atomic E-state index is 12.1. The molecule has 15 rings (SSSR count). The Balaban J connectivity index is 1.25. The summed E-state index contributed by atoms with van der Waals surface area (Å²) in [5.74, 6) is 0. The molecule has 0 bridgehead atoms. The van der Waals surface area contributed by atoms with Crippen molar-refractivity contribution in [2.24, 2.45) is 0 Å². The molecule has 0 radical (unpaired) electrons. The van der Waals surface area contributed by atoms with Crippen LogP contribution in [0.5, 0.6) is 0 Å². The van der Waals surface area contributed by atoms with Crippen LogP contribution < -0.4 is 0 Å². The number of thiophene rings is 1. The van der Waals surface area contributed by atoms with Gasteiger partial charge in [-0.3, -0.25) is 0 Å². The van der Waals surface area contributed by atoms with Gasteiger partial charge < -0.3 is 18.0 Å². The van der Waals surface area contributed by atoms with Gasteiger partial charge in [0.1, 0.15) is 17.2 Å². The van der Waals surface area contributed by atoms with Gasteiger partial charge in [-0.1, -0.05) is 178 Å². The molecule has 6 nitrogen and oxygen atoms in total. The molecule has 0 amide bonds. The number of nitrogens with zero attached hydrogens (tertiary/aromatic N) is 4. The number of benzene rings is 10. The van der Waals surface area contributed by atoms with Crippen LogP contribution >= 0.6 is 11.3 Å². The summed E-state index contributed by atoms with van der Waals surface area (Å²) in [5.41, 5.74) is 12.5. The summed E-state index contributed by atoms with van der Waals surface area (Å²) < 4.78 is 21.2. The van der Waals surface area contributed by atoms with Crippen LogP contribution in [0.25, 0.3) is 146 Å². The summed E-state index contributed by atoms with van der Waals surface area (Å²) >= 11 is 1.76. The van der Waals surface area contributed by atoms with E-state index in [1.807, 2.05) is 60.7 Å². The lowest BCUT2D eigenvalue weighted by molar-refractivity contribution is 0.573. The molecule has 5 heterocycles. The third kappa shape index (κ3) is 5.60. The molecular formula is C66H40N4O2S. The van der Waals surface area contributed by atoms with Gasteiger partial charge in [-0.2, -0.15) is 5.26 Å². The summed E-state index contributed by atoms with van der Waals surface area (Å²) in [6.07, 6.45) is 0. The lowest BCUT2D eigenvalue weighted by Crippen LogP contribution is -2.10. The van der Waals surface area contributed by atoms with E-state index in [4.69, 9.17) is 8.83 Å². The van der Waals surface area contributed by atoms with Gasteiger partial charge >= 0.3 is 0 Å². The molecular weight excluding hydrogens is 913 g/mol. The molecule has 0 aliphatic rings. The molecule has 0 spiro atoms. The third-order valence-electron chi connectivity index (χ3n) is 15.1. The highest BCUT2D eigenvalue weighted by molar-refractivity contribution is 7.26. The van der Waals surface area contributed by atoms with Crippen LogP contribution in [0.1, 0.15) is 31.9 Å². The lowest BCUT2D eigenvalue weighted by Gasteiger charge is -2.25. The number of aromatic nitrogens is 2. The van der Waals surface area contributed by atoms with Gasteiger partial charge in [-0.05, 0) is 46.9 Å². The Kier molecular flexibility index (Phi) is 8.54. The van der Waals surface area contributed by atoms with E-state index in [1.54, 1.807) is 11.3 Å². The van der Waals surface area contributed by atoms with Crippen molar-refractivity contribution >= 4 is 125 Å². The highest BCUT2D eigenvalue weighted by atomic mass is 32.1. The standard InChI is InChI=1S/C66H40N4O2S/c1-66(2,3)50-26-17-25-45-47-34-30-42-39-22-11-14-27-51(39)69(58(42)64(47)72-62(45)50)57-49(36-67)54(37-18-7-5-8-19-37)56(68-4)61(55(57)38-20-9-6-10-21-38)70-59-43(31-33-46-40-23-12-15-28-52(40)71-63(46)59)44-32-35-48-41-24-13-16-29-53(41)73-65(48)60(44)70/h5-35H,1-3H3. The van der Waals surface area contributed by atoms with Crippen LogP contribution in [0, 0.1) is 17.9 Å². The van der Waals surface area contributed by atoms with Crippen LogP contribution in [0.4, 0.5) is 5.69 Å². The predicted octanol–water partition coefficient (Wildman–Crippen LogP) is 19.1. The molecule has 10 aromatic carbocycles. The second-order valence-corrected chi connectivity index (χ2v) is 21.1. The Morgan fingerprint density at radius 3 is 1.75 bits per heavy atom. The van der Waals surface area contributed by atoms with E-state index in [1.165, 1.54) is 10.1 Å². The Labute approximate surface area is 422 Å². The van der Waals surface area contributed by atoms with Crippen LogP contribution in [0.15, 0.2) is 197 Å². The summed E-state index contributed by atoms with van der Waals surface area (Å²) in [7, 11) is 0. The van der Waals surface area contributed by atoms with Crippen molar-refractivity contribution in [1.82, 2.24) is 9.13 Å². The van der Waals surface area contributed by atoms with Gasteiger partial charge in [-0.15, -0.1) is 11.3 Å². The van der Waals surface area contributed by atoms with Gasteiger partial charge in [0.2, 0.25) is 5.69 Å². The van der Waals surface area contributed by atoms with Crippen molar-refractivity contribution in [3.05, 3.63) is 211 Å². The van der Waals surface area contributed by atoms with E-state index in [0.717, 1.165) is 120 Å². The Bertz CT molecular complexity index is 4840. The maximum atomic E-state index is 12.1. The molecule has 0 saturated carbocycles. The molecule has 0 fully saturated rings. The number of furan rings is 2. The third-order valence-corrected chi connectivity index (χ3v) is 16.3. The first-order valence-electron chi connectivity index (χ1n) is 24.5. The van der Waals surface area contributed by atoms with E-state index in [9.17, 15) is 11.8 Å². The first-order chi connectivity index (χ1) is 35.8. The van der Waals surface area contributed by atoms with Crippen LogP contribution in [0.2, 0.25) is 0 Å². The van der Waals surface area contributed by atoms with Gasteiger partial charge in [0, 0.05) is 75.3 Å². The Hall–Kier alpha value is -9.40. The highest BCUT2D eigenvalue weighted by Crippen LogP contribution is 2.55. The molecule has 7 heteroatoms. The SMILES string of the molecule is [C-]#[N+]c1c(-c2ccccc2)c(C#N)c(-n2c3ccccc3c3ccc4c5cccc(C(C)(C)C)c5oc4c32)c(-c2ccccc2)c1-n1c2c(ccc3c4ccccc4oc32)c2ccc3c4ccccc4sc3c21. The van der Waals surface area contributed by atoms with Gasteiger partial charge in [-0.25, -0.2) is 4.85 Å². The minimum absolute atomic E-state index is 0.198. The normalized spacial score (nSPS) is 12.3. The monoisotopic (exact) mass is 952 g/mol. The first kappa shape index (κ1) is 41.4. The molecule has 15 aromatic rings. The fourth-order valence-corrected chi connectivity index (χ4v) is 13.3. The van der Waals surface area contributed by atoms with Crippen LogP contribution in [-0.4, -0.2) is 9.13 Å². The zero-order valence-corrected chi connectivity index (χ0v) is 40.7. The fourth-order valence-electron chi connectivity index (χ4n) is 12.0. The minimum atomic E-state index is -0.198. The molecule has 0 N–H and O–H groups in total. The first-order valence-corrected chi connectivity index (χ1v) is 25.3. The van der Waals surface area contributed by atoms with E-state index >= 15 is 0 Å². The number of nitriles is 1. The topological polar surface area (TPSA) is 64.3 Å². The quantitative estimate of drug-likeness (QED) is 0.165. The fraction of sp³-hybridized carbons (Fsp3) is 0.0606. The van der Waals surface area contributed by atoms with Crippen molar-refractivity contribution in [2.45, 2.75) is 26.2 Å². The van der Waals surface area contributed by atoms with Gasteiger partial charge in [0.15, 0.2) is 11.2 Å². The number of hydrogen-bond acceptors (Lipinski definition) is 4. The molecule has 0 aliphatic heterocycles. The van der Waals surface area contributed by atoms with Gasteiger partial charge in [0.25, 0.3) is 0 Å². The molecule has 0 saturated heterocycles. The average Bonchev–Trinajstić information content (AvgIpc) is 4.25. The average molecular weight is 953 g/mol. The zero-order chi connectivity index (χ0) is 48.9. The number of fused-ring (bicyclic) bond motifs is 18. The van der Waals surface area contributed by atoms with Crippen molar-refractivity contribution in [3.8, 4) is 39.7 Å². The van der Waals surface area contributed by atoms with Crippen LogP contribution in [0.3, 0.4) is 0 Å². The van der Waals surface area contributed by atoms with Crippen molar-refractivity contribution < 1.29 is 8.83 Å². The molecule has 0 aliphatic carbocycles. The molecule has 73 heavy (non-hydrogen) atoms. The van der Waals surface area contributed by atoms with Crippen molar-refractivity contribution in [2.75, 3.05) is 0 Å². The maximum Gasteiger partial charge on any atom is 0.220 e.